The van der Waals surface area contributed by atoms with Crippen LogP contribution in [-0.2, 0) is 27.8 Å². The highest BCUT2D eigenvalue weighted by Gasteiger charge is 2.40. The average Bonchev–Trinajstić information content (AvgIpc) is 3.61. The predicted molar refractivity (Wildman–Crippen MR) is 185 cm³/mol. The van der Waals surface area contributed by atoms with Crippen molar-refractivity contribution < 1.29 is 28.3 Å². The number of benzene rings is 2. The first-order valence-corrected chi connectivity index (χ1v) is 18.4. The summed E-state index contributed by atoms with van der Waals surface area (Å²) in [5, 5.41) is 29.4. The Morgan fingerprint density at radius 2 is 1.77 bits per heavy atom. The summed E-state index contributed by atoms with van der Waals surface area (Å²) in [5.74, 6) is -0.705. The minimum absolute atomic E-state index is 0.0267. The Bertz CT molecular complexity index is 1650. The van der Waals surface area contributed by atoms with E-state index in [0.717, 1.165) is 16.3 Å². The van der Waals surface area contributed by atoms with Crippen molar-refractivity contribution in [3.8, 4) is 0 Å². The number of urea groups is 1. The molecule has 1 fully saturated rings. The van der Waals surface area contributed by atoms with Crippen molar-refractivity contribution in [2.75, 3.05) is 26.2 Å². The smallest absolute Gasteiger partial charge is 0.321 e. The van der Waals surface area contributed by atoms with E-state index in [0.29, 0.717) is 25.2 Å². The molecule has 14 heteroatoms. The molecule has 3 atom stereocenters. The lowest BCUT2D eigenvalue weighted by Gasteiger charge is -2.34. The number of hydrogen-bond donors (Lipinski definition) is 3. The van der Waals surface area contributed by atoms with Gasteiger partial charge in [0.1, 0.15) is 6.04 Å². The Kier molecular flexibility index (Phi) is 12.7. The van der Waals surface area contributed by atoms with Crippen LogP contribution in [-0.4, -0.2) is 100 Å². The number of amides is 3. The van der Waals surface area contributed by atoms with E-state index in [1.165, 1.54) is 46.1 Å². The number of carbonyl (C=O) groups excluding carboxylic acids is 2. The van der Waals surface area contributed by atoms with Gasteiger partial charge in [0.25, 0.3) is 0 Å². The van der Waals surface area contributed by atoms with E-state index < -0.39 is 34.1 Å². The Hall–Kier alpha value is -3.85. The highest BCUT2D eigenvalue weighted by atomic mass is 32.2. The molecule has 48 heavy (non-hydrogen) atoms. The van der Waals surface area contributed by atoms with Gasteiger partial charge in [0.05, 0.1) is 40.5 Å². The number of aliphatic hydroxyl groups excluding tert-OH is 1. The molecule has 3 unspecified atom stereocenters. The minimum atomic E-state index is -4.05. The van der Waals surface area contributed by atoms with Crippen LogP contribution in [0.25, 0.3) is 0 Å². The topological polar surface area (TPSA) is 156 Å². The lowest BCUT2D eigenvalue weighted by atomic mass is 9.97. The van der Waals surface area contributed by atoms with E-state index >= 15 is 0 Å². The molecule has 0 radical (unpaired) electrons. The van der Waals surface area contributed by atoms with Crippen LogP contribution in [0.1, 0.15) is 49.5 Å². The first-order chi connectivity index (χ1) is 22.8. The highest BCUT2D eigenvalue weighted by molar-refractivity contribution is 7.89. The molecule has 0 aliphatic carbocycles. The van der Waals surface area contributed by atoms with Gasteiger partial charge >= 0.3 is 6.03 Å². The van der Waals surface area contributed by atoms with Gasteiger partial charge in [-0.05, 0) is 48.4 Å². The number of nitrogens with zero attached hydrogens (tertiary/aromatic N) is 5. The summed E-state index contributed by atoms with van der Waals surface area (Å²) in [7, 11) is -4.05. The molecule has 3 N–H and O–H groups in total. The van der Waals surface area contributed by atoms with E-state index in [1.807, 2.05) is 70.3 Å². The second-order valence-corrected chi connectivity index (χ2v) is 15.8. The molecule has 1 saturated heterocycles. The lowest BCUT2D eigenvalue weighted by Crippen LogP contribution is -2.57. The van der Waals surface area contributed by atoms with Gasteiger partial charge in [-0.1, -0.05) is 75.3 Å². The molecule has 3 aromatic rings. The molecule has 2 aromatic carbocycles. The van der Waals surface area contributed by atoms with Crippen LogP contribution in [0.2, 0.25) is 0 Å². The van der Waals surface area contributed by atoms with Crippen molar-refractivity contribution in [1.29, 1.82) is 0 Å². The van der Waals surface area contributed by atoms with E-state index in [1.54, 1.807) is 9.80 Å². The van der Waals surface area contributed by atoms with E-state index in [4.69, 9.17) is 5.21 Å². The number of oxime groups is 1. The second kappa shape index (κ2) is 16.5. The Morgan fingerprint density at radius 3 is 2.35 bits per heavy atom. The summed E-state index contributed by atoms with van der Waals surface area (Å²) in [5.41, 5.74) is 2.18. The average molecular weight is 699 g/mol. The van der Waals surface area contributed by atoms with Crippen LogP contribution in [0.15, 0.2) is 70.0 Å². The van der Waals surface area contributed by atoms with Gasteiger partial charge in [-0.3, -0.25) is 4.79 Å². The van der Waals surface area contributed by atoms with Gasteiger partial charge in [0.2, 0.25) is 15.9 Å². The molecule has 0 saturated carbocycles. The Balaban J connectivity index is 1.57. The van der Waals surface area contributed by atoms with Crippen molar-refractivity contribution >= 4 is 39.5 Å². The summed E-state index contributed by atoms with van der Waals surface area (Å²) in [6.45, 7) is 10.5. The summed E-state index contributed by atoms with van der Waals surface area (Å²) < 4.78 is 28.9. The largest absolute Gasteiger partial charge is 0.411 e. The number of aromatic nitrogens is 1. The zero-order valence-electron chi connectivity index (χ0n) is 28.1. The van der Waals surface area contributed by atoms with Crippen molar-refractivity contribution in [1.82, 2.24) is 24.4 Å². The summed E-state index contributed by atoms with van der Waals surface area (Å²) in [6, 6.07) is 13.3. The monoisotopic (exact) mass is 698 g/mol. The number of rotatable bonds is 16. The van der Waals surface area contributed by atoms with Crippen LogP contribution in [0.3, 0.4) is 0 Å². The maximum atomic E-state index is 14.1. The molecule has 1 aliphatic heterocycles. The third-order valence-corrected chi connectivity index (χ3v) is 10.8. The fraction of sp³-hybridized carbons (Fsp3) is 0.471. The molecular weight excluding hydrogens is 653 g/mol. The van der Waals surface area contributed by atoms with Gasteiger partial charge < -0.3 is 25.4 Å². The van der Waals surface area contributed by atoms with Crippen LogP contribution >= 0.6 is 11.3 Å². The van der Waals surface area contributed by atoms with Crippen LogP contribution in [0, 0.1) is 18.8 Å². The van der Waals surface area contributed by atoms with Gasteiger partial charge in [-0.15, -0.1) is 11.3 Å². The molecule has 1 aliphatic rings. The SMILES string of the molecule is Cc1nc(CN2CCN(C(C(=O)NC(Cc3ccccc3)C(O)CN(CC(C)C)S(=O)(=O)c3ccc(C=NO)cc3)C(C)C)C2=O)cs1. The standard InChI is InChI=1S/C34H46N6O6S2/c1-23(2)19-39(48(45,46)29-13-11-27(12-14-29)18-35-44)21-31(41)30(17-26-9-7-6-8-10-26)37-33(42)32(24(3)4)40-16-15-38(34(40)43)20-28-22-47-25(5)36-28/h6-14,18,22-24,30-32,41,44H,15-17,19-21H2,1-5H3,(H,37,42). The van der Waals surface area contributed by atoms with Crippen LogP contribution in [0.5, 0.6) is 0 Å². The van der Waals surface area contributed by atoms with Crippen LogP contribution < -0.4 is 5.32 Å². The third kappa shape index (κ3) is 9.40. The number of nitrogens with one attached hydrogen (secondary N) is 1. The van der Waals surface area contributed by atoms with E-state index in [9.17, 15) is 23.1 Å². The van der Waals surface area contributed by atoms with E-state index in [2.05, 4.69) is 15.5 Å². The highest BCUT2D eigenvalue weighted by Crippen LogP contribution is 2.23. The minimum Gasteiger partial charge on any atom is -0.411 e. The lowest BCUT2D eigenvalue weighted by molar-refractivity contribution is -0.128. The molecule has 12 nitrogen and oxygen atoms in total. The third-order valence-electron chi connectivity index (χ3n) is 8.16. The Labute approximate surface area is 287 Å². The molecule has 0 spiro atoms. The fourth-order valence-electron chi connectivity index (χ4n) is 5.86. The van der Waals surface area contributed by atoms with Crippen molar-refractivity contribution in [3.05, 3.63) is 81.8 Å². The first-order valence-electron chi connectivity index (χ1n) is 16.1. The fourth-order valence-corrected chi connectivity index (χ4v) is 8.09. The molecule has 2 heterocycles. The van der Waals surface area contributed by atoms with Crippen LogP contribution in [0.4, 0.5) is 4.79 Å². The van der Waals surface area contributed by atoms with Gasteiger partial charge in [0, 0.05) is 31.6 Å². The maximum Gasteiger partial charge on any atom is 0.321 e. The number of aliphatic hydroxyl groups is 1. The Morgan fingerprint density at radius 1 is 1.08 bits per heavy atom. The van der Waals surface area contributed by atoms with Crippen molar-refractivity contribution in [3.63, 3.8) is 0 Å². The van der Waals surface area contributed by atoms with Crippen molar-refractivity contribution in [2.45, 2.75) is 70.7 Å². The molecule has 4 rings (SSSR count). The molecule has 0 bridgehead atoms. The molecule has 3 amide bonds. The zero-order chi connectivity index (χ0) is 35.0. The predicted octanol–water partition coefficient (Wildman–Crippen LogP) is 3.96. The van der Waals surface area contributed by atoms with Gasteiger partial charge in [-0.2, -0.15) is 4.31 Å². The summed E-state index contributed by atoms with van der Waals surface area (Å²) in [4.78, 5) is 35.3. The molecule has 1 aromatic heterocycles. The number of aryl methyl sites for hydroxylation is 1. The first kappa shape index (κ1) is 37.0. The summed E-state index contributed by atoms with van der Waals surface area (Å²) in [6.07, 6.45) is 0.157. The number of sulfonamides is 1. The quantitative estimate of drug-likeness (QED) is 0.116. The molecular formula is C34H46N6O6S2. The molecule has 260 valence electrons. The van der Waals surface area contributed by atoms with E-state index in [-0.39, 0.29) is 42.3 Å². The summed E-state index contributed by atoms with van der Waals surface area (Å²) >= 11 is 1.52. The van der Waals surface area contributed by atoms with Gasteiger partial charge in [-0.25, -0.2) is 18.2 Å². The number of hydrogen-bond acceptors (Lipinski definition) is 9. The second-order valence-electron chi connectivity index (χ2n) is 12.8. The van der Waals surface area contributed by atoms with Gasteiger partial charge in [0.15, 0.2) is 0 Å². The number of carbonyl (C=O) groups is 2. The van der Waals surface area contributed by atoms with Crippen molar-refractivity contribution in [2.24, 2.45) is 17.0 Å². The number of thiazole rings is 1. The normalized spacial score (nSPS) is 16.0. The zero-order valence-corrected chi connectivity index (χ0v) is 29.7. The maximum absolute atomic E-state index is 14.1.